The summed E-state index contributed by atoms with van der Waals surface area (Å²) in [7, 11) is 0. The number of nitrogens with two attached hydrogens (primary N) is 1. The van der Waals surface area contributed by atoms with E-state index >= 15 is 0 Å². The number of nitrogens with zero attached hydrogens (tertiary/aromatic N) is 1. The number of carbonyl (C=O) groups is 2. The molecule has 120 valence electrons. The van der Waals surface area contributed by atoms with E-state index in [-0.39, 0.29) is 12.3 Å². The van der Waals surface area contributed by atoms with E-state index in [1.807, 2.05) is 36.1 Å². The summed E-state index contributed by atoms with van der Waals surface area (Å²) in [4.78, 5) is 25.6. The maximum absolute atomic E-state index is 12.5. The van der Waals surface area contributed by atoms with Crippen LogP contribution in [0.25, 0.3) is 0 Å². The Bertz CT molecular complexity index is 547. The van der Waals surface area contributed by atoms with Crippen LogP contribution >= 0.6 is 0 Å². The number of piperazine rings is 1. The van der Waals surface area contributed by atoms with E-state index in [1.165, 1.54) is 0 Å². The molecule has 2 rings (SSSR count). The number of carbonyl (C=O) groups excluding carboxylic acids is 2. The summed E-state index contributed by atoms with van der Waals surface area (Å²) in [6, 6.07) is 7.04. The fourth-order valence-corrected chi connectivity index (χ4v) is 2.77. The molecule has 6 nitrogen and oxygen atoms in total. The molecular formula is C16H24N4O2. The van der Waals surface area contributed by atoms with E-state index in [4.69, 9.17) is 5.73 Å². The van der Waals surface area contributed by atoms with Gasteiger partial charge in [-0.05, 0) is 19.4 Å². The number of aryl methyl sites for hydroxylation is 1. The van der Waals surface area contributed by atoms with Gasteiger partial charge in [-0.3, -0.25) is 4.79 Å². The second kappa shape index (κ2) is 7.26. The zero-order chi connectivity index (χ0) is 16.1. The standard InChI is InChI=1S/C16H24N4O2/c1-11-4-3-5-13(8-11)14(19-16(17)22)9-15(21)20-7-6-18-12(2)10-20/h3-5,8,12,14,18H,6-7,9-10H2,1-2H3,(H3,17,19,22)/t12-,14+/m1/s1. The SMILES string of the molecule is Cc1cccc([C@H](CC(=O)N2CCN[C@H](C)C2)NC(N)=O)c1. The third kappa shape index (κ3) is 4.46. The molecule has 0 saturated carbocycles. The summed E-state index contributed by atoms with van der Waals surface area (Å²) in [6.07, 6.45) is 0.221. The third-order valence-corrected chi connectivity index (χ3v) is 3.86. The molecule has 1 fully saturated rings. The molecule has 0 unspecified atom stereocenters. The quantitative estimate of drug-likeness (QED) is 0.773. The normalized spacial score (nSPS) is 19.5. The lowest BCUT2D eigenvalue weighted by Crippen LogP contribution is -2.52. The number of rotatable bonds is 4. The highest BCUT2D eigenvalue weighted by molar-refractivity contribution is 5.79. The highest BCUT2D eigenvalue weighted by Gasteiger charge is 2.24. The van der Waals surface area contributed by atoms with Gasteiger partial charge in [0.2, 0.25) is 5.91 Å². The molecule has 6 heteroatoms. The Labute approximate surface area is 131 Å². The predicted octanol–water partition coefficient (Wildman–Crippen LogP) is 0.915. The number of nitrogens with one attached hydrogen (secondary N) is 2. The monoisotopic (exact) mass is 304 g/mol. The fourth-order valence-electron chi connectivity index (χ4n) is 2.77. The number of benzene rings is 1. The number of hydrogen-bond acceptors (Lipinski definition) is 3. The van der Waals surface area contributed by atoms with E-state index < -0.39 is 12.1 Å². The molecule has 0 aromatic heterocycles. The van der Waals surface area contributed by atoms with Crippen molar-refractivity contribution in [3.8, 4) is 0 Å². The van der Waals surface area contributed by atoms with Crippen LogP contribution < -0.4 is 16.4 Å². The first-order valence-corrected chi connectivity index (χ1v) is 7.59. The minimum absolute atomic E-state index is 0.0357. The van der Waals surface area contributed by atoms with Crippen LogP contribution in [0.3, 0.4) is 0 Å². The lowest BCUT2D eigenvalue weighted by Gasteiger charge is -2.33. The van der Waals surface area contributed by atoms with E-state index in [0.717, 1.165) is 17.7 Å². The minimum Gasteiger partial charge on any atom is -0.352 e. The summed E-state index contributed by atoms with van der Waals surface area (Å²) >= 11 is 0. The van der Waals surface area contributed by atoms with Crippen LogP contribution in [0.4, 0.5) is 4.79 Å². The van der Waals surface area contributed by atoms with Crippen molar-refractivity contribution in [3.63, 3.8) is 0 Å². The first kappa shape index (κ1) is 16.3. The molecule has 1 aromatic rings. The van der Waals surface area contributed by atoms with Gasteiger partial charge in [0.15, 0.2) is 0 Å². The van der Waals surface area contributed by atoms with Gasteiger partial charge in [0.1, 0.15) is 0 Å². The van der Waals surface area contributed by atoms with E-state index in [2.05, 4.69) is 17.6 Å². The van der Waals surface area contributed by atoms with E-state index in [0.29, 0.717) is 19.1 Å². The highest BCUT2D eigenvalue weighted by Crippen LogP contribution is 2.19. The van der Waals surface area contributed by atoms with Crippen molar-refractivity contribution < 1.29 is 9.59 Å². The minimum atomic E-state index is -0.618. The van der Waals surface area contributed by atoms with Crippen molar-refractivity contribution >= 4 is 11.9 Å². The van der Waals surface area contributed by atoms with E-state index in [1.54, 1.807) is 0 Å². The van der Waals surface area contributed by atoms with Gasteiger partial charge in [-0.25, -0.2) is 4.79 Å². The Balaban J connectivity index is 2.09. The molecule has 1 aliphatic heterocycles. The number of primary amides is 1. The van der Waals surface area contributed by atoms with Gasteiger partial charge in [-0.2, -0.15) is 0 Å². The molecule has 1 saturated heterocycles. The van der Waals surface area contributed by atoms with Crippen molar-refractivity contribution in [2.45, 2.75) is 32.4 Å². The van der Waals surface area contributed by atoms with Gasteiger partial charge in [0.05, 0.1) is 12.5 Å². The average molecular weight is 304 g/mol. The van der Waals surface area contributed by atoms with Crippen LogP contribution in [0.15, 0.2) is 24.3 Å². The zero-order valence-electron chi connectivity index (χ0n) is 13.1. The van der Waals surface area contributed by atoms with Gasteiger partial charge >= 0.3 is 6.03 Å². The van der Waals surface area contributed by atoms with Crippen molar-refractivity contribution in [1.29, 1.82) is 0 Å². The van der Waals surface area contributed by atoms with Gasteiger partial charge in [0.25, 0.3) is 0 Å². The lowest BCUT2D eigenvalue weighted by atomic mass is 10.0. The Kier molecular flexibility index (Phi) is 5.38. The third-order valence-electron chi connectivity index (χ3n) is 3.86. The van der Waals surface area contributed by atoms with Gasteiger partial charge in [-0.15, -0.1) is 0 Å². The summed E-state index contributed by atoms with van der Waals surface area (Å²) < 4.78 is 0. The maximum Gasteiger partial charge on any atom is 0.312 e. The lowest BCUT2D eigenvalue weighted by molar-refractivity contribution is -0.132. The average Bonchev–Trinajstić information content (AvgIpc) is 2.46. The Morgan fingerprint density at radius 1 is 1.50 bits per heavy atom. The van der Waals surface area contributed by atoms with Crippen molar-refractivity contribution in [2.75, 3.05) is 19.6 Å². The fraction of sp³-hybridized carbons (Fsp3) is 0.500. The van der Waals surface area contributed by atoms with Crippen LogP contribution in [0.1, 0.15) is 30.5 Å². The summed E-state index contributed by atoms with van der Waals surface area (Å²) in [6.45, 7) is 6.21. The first-order chi connectivity index (χ1) is 10.5. The van der Waals surface area contributed by atoms with E-state index in [9.17, 15) is 9.59 Å². The molecule has 1 aromatic carbocycles. The zero-order valence-corrected chi connectivity index (χ0v) is 13.1. The van der Waals surface area contributed by atoms with Crippen molar-refractivity contribution in [3.05, 3.63) is 35.4 Å². The van der Waals surface area contributed by atoms with Crippen LogP contribution in [0.5, 0.6) is 0 Å². The summed E-state index contributed by atoms with van der Waals surface area (Å²) in [5.74, 6) is 0.0357. The largest absolute Gasteiger partial charge is 0.352 e. The molecule has 0 spiro atoms. The molecule has 1 aliphatic rings. The van der Waals surface area contributed by atoms with Crippen LogP contribution in [0.2, 0.25) is 0 Å². The van der Waals surface area contributed by atoms with Crippen LogP contribution in [-0.4, -0.2) is 42.5 Å². The molecular weight excluding hydrogens is 280 g/mol. The predicted molar refractivity (Wildman–Crippen MR) is 85.3 cm³/mol. The molecule has 2 atom stereocenters. The van der Waals surface area contributed by atoms with Crippen LogP contribution in [0, 0.1) is 6.92 Å². The number of amides is 3. The van der Waals surface area contributed by atoms with Crippen molar-refractivity contribution in [2.24, 2.45) is 5.73 Å². The van der Waals surface area contributed by atoms with Gasteiger partial charge in [-0.1, -0.05) is 29.8 Å². The Morgan fingerprint density at radius 3 is 2.91 bits per heavy atom. The second-order valence-corrected chi connectivity index (χ2v) is 5.87. The van der Waals surface area contributed by atoms with Crippen molar-refractivity contribution in [1.82, 2.24) is 15.5 Å². The molecule has 22 heavy (non-hydrogen) atoms. The molecule has 0 radical (unpaired) electrons. The Morgan fingerprint density at radius 2 is 2.27 bits per heavy atom. The molecule has 1 heterocycles. The molecule has 3 amide bonds. The van der Waals surface area contributed by atoms with Crippen LogP contribution in [-0.2, 0) is 4.79 Å². The highest BCUT2D eigenvalue weighted by atomic mass is 16.2. The summed E-state index contributed by atoms with van der Waals surface area (Å²) in [5.41, 5.74) is 7.24. The van der Waals surface area contributed by atoms with Gasteiger partial charge < -0.3 is 21.3 Å². The Hall–Kier alpha value is -2.08. The number of urea groups is 1. The molecule has 0 aliphatic carbocycles. The number of hydrogen-bond donors (Lipinski definition) is 3. The topological polar surface area (TPSA) is 87.5 Å². The molecule has 0 bridgehead atoms. The molecule has 4 N–H and O–H groups in total. The summed E-state index contributed by atoms with van der Waals surface area (Å²) in [5, 5.41) is 5.99. The second-order valence-electron chi connectivity index (χ2n) is 5.87. The maximum atomic E-state index is 12.5. The smallest absolute Gasteiger partial charge is 0.312 e. The van der Waals surface area contributed by atoms with Gasteiger partial charge in [0, 0.05) is 25.7 Å². The first-order valence-electron chi connectivity index (χ1n) is 7.59.